The van der Waals surface area contributed by atoms with Gasteiger partial charge in [-0.25, -0.2) is 9.78 Å². The van der Waals surface area contributed by atoms with Gasteiger partial charge in [-0.15, -0.1) is 0 Å². The lowest BCUT2D eigenvalue weighted by Gasteiger charge is -2.26. The molecular formula is C25H26N2O4. The van der Waals surface area contributed by atoms with Gasteiger partial charge in [0.25, 0.3) is 0 Å². The highest BCUT2D eigenvalue weighted by atomic mass is 16.5. The number of carbonyl (C=O) groups excluding carboxylic acids is 2. The molecule has 0 bridgehead atoms. The first-order valence-corrected chi connectivity index (χ1v) is 10.4. The molecule has 2 aromatic carbocycles. The number of anilines is 1. The molecule has 1 aromatic heterocycles. The first kappa shape index (κ1) is 20.8. The van der Waals surface area contributed by atoms with Crippen LogP contribution in [0.3, 0.4) is 0 Å². The average molecular weight is 418 g/mol. The number of esters is 1. The van der Waals surface area contributed by atoms with Crippen LogP contribution in [0.1, 0.15) is 55.8 Å². The number of amides is 1. The minimum atomic E-state index is -0.542. The molecule has 1 saturated carbocycles. The van der Waals surface area contributed by atoms with Crippen molar-refractivity contribution >= 4 is 17.6 Å². The van der Waals surface area contributed by atoms with Gasteiger partial charge in [-0.1, -0.05) is 39.0 Å². The molecule has 160 valence electrons. The largest absolute Gasteiger partial charge is 0.440 e. The molecule has 0 spiro atoms. The van der Waals surface area contributed by atoms with Crippen LogP contribution in [0, 0.1) is 5.41 Å². The molecule has 1 amide bonds. The predicted octanol–water partition coefficient (Wildman–Crippen LogP) is 5.45. The van der Waals surface area contributed by atoms with Crippen molar-refractivity contribution in [3.8, 4) is 17.2 Å². The maximum absolute atomic E-state index is 12.9. The third kappa shape index (κ3) is 4.53. The van der Waals surface area contributed by atoms with Gasteiger partial charge in [-0.2, -0.15) is 0 Å². The van der Waals surface area contributed by atoms with Crippen molar-refractivity contribution in [3.63, 3.8) is 0 Å². The van der Waals surface area contributed by atoms with E-state index in [4.69, 9.17) is 9.15 Å². The number of benzene rings is 2. The minimum absolute atomic E-state index is 0.00218. The highest BCUT2D eigenvalue weighted by molar-refractivity contribution is 5.96. The number of hydrogen-bond acceptors (Lipinski definition) is 5. The van der Waals surface area contributed by atoms with Crippen LogP contribution < -0.4 is 9.64 Å². The molecule has 6 nitrogen and oxygen atoms in total. The fraction of sp³-hybridized carbons (Fsp3) is 0.320. The van der Waals surface area contributed by atoms with E-state index < -0.39 is 11.4 Å². The molecule has 6 heteroatoms. The number of ether oxygens (including phenoxy) is 1. The molecular weight excluding hydrogens is 392 g/mol. The van der Waals surface area contributed by atoms with E-state index in [0.717, 1.165) is 24.1 Å². The second-order valence-corrected chi connectivity index (χ2v) is 8.87. The van der Waals surface area contributed by atoms with E-state index in [2.05, 4.69) is 4.98 Å². The Labute approximate surface area is 181 Å². The summed E-state index contributed by atoms with van der Waals surface area (Å²) in [5, 5.41) is 0. The molecule has 0 unspecified atom stereocenters. The lowest BCUT2D eigenvalue weighted by Crippen LogP contribution is -2.36. The molecule has 0 N–H and O–H groups in total. The first-order valence-electron chi connectivity index (χ1n) is 10.4. The Morgan fingerprint density at radius 2 is 1.68 bits per heavy atom. The average Bonchev–Trinajstić information content (AvgIpc) is 3.51. The van der Waals surface area contributed by atoms with Crippen molar-refractivity contribution in [2.24, 2.45) is 5.41 Å². The van der Waals surface area contributed by atoms with Gasteiger partial charge in [0, 0.05) is 29.6 Å². The van der Waals surface area contributed by atoms with E-state index in [1.807, 2.05) is 51.1 Å². The van der Waals surface area contributed by atoms with Crippen LogP contribution in [0.2, 0.25) is 0 Å². The summed E-state index contributed by atoms with van der Waals surface area (Å²) < 4.78 is 11.5. The lowest BCUT2D eigenvalue weighted by atomic mass is 9.95. The van der Waals surface area contributed by atoms with Crippen LogP contribution in [0.15, 0.2) is 59.0 Å². The third-order valence-electron chi connectivity index (χ3n) is 5.20. The molecule has 0 aliphatic heterocycles. The SMILES string of the molecule is CN(C(=O)C(C)(C)C)c1ccc(OC(=O)c2nc(-c3ccccc3)oc2C2CC2)cc1. The number of carbonyl (C=O) groups is 2. The maximum Gasteiger partial charge on any atom is 0.366 e. The van der Waals surface area contributed by atoms with Crippen LogP contribution in [-0.2, 0) is 4.79 Å². The van der Waals surface area contributed by atoms with Gasteiger partial charge in [0.15, 0.2) is 5.69 Å². The maximum atomic E-state index is 12.9. The van der Waals surface area contributed by atoms with E-state index in [-0.39, 0.29) is 17.5 Å². The lowest BCUT2D eigenvalue weighted by molar-refractivity contribution is -0.125. The van der Waals surface area contributed by atoms with Crippen molar-refractivity contribution < 1.29 is 18.7 Å². The van der Waals surface area contributed by atoms with Crippen LogP contribution in [0.4, 0.5) is 5.69 Å². The quantitative estimate of drug-likeness (QED) is 0.407. The Morgan fingerprint density at radius 1 is 1.03 bits per heavy atom. The molecule has 1 fully saturated rings. The standard InChI is InChI=1S/C25H26N2O4/c1-25(2,3)24(29)27(4)18-12-14-19(15-13-18)30-23(28)20-21(16-10-11-16)31-22(26-20)17-8-6-5-7-9-17/h5-9,12-16H,10-11H2,1-4H3. The summed E-state index contributed by atoms with van der Waals surface area (Å²) in [4.78, 5) is 31.4. The second kappa shape index (κ2) is 8.02. The summed E-state index contributed by atoms with van der Waals surface area (Å²) in [6, 6.07) is 16.4. The zero-order valence-corrected chi connectivity index (χ0v) is 18.2. The molecule has 0 radical (unpaired) electrons. The fourth-order valence-corrected chi connectivity index (χ4v) is 3.32. The van der Waals surface area contributed by atoms with Gasteiger partial charge in [0.2, 0.25) is 11.8 Å². The van der Waals surface area contributed by atoms with Gasteiger partial charge >= 0.3 is 5.97 Å². The topological polar surface area (TPSA) is 72.6 Å². The monoisotopic (exact) mass is 418 g/mol. The molecule has 0 saturated heterocycles. The van der Waals surface area contributed by atoms with Gasteiger partial charge in [-0.3, -0.25) is 4.79 Å². The summed E-state index contributed by atoms with van der Waals surface area (Å²) in [6.45, 7) is 5.63. The molecule has 4 rings (SSSR count). The smallest absolute Gasteiger partial charge is 0.366 e. The first-order chi connectivity index (χ1) is 14.7. The van der Waals surface area contributed by atoms with E-state index in [9.17, 15) is 9.59 Å². The number of aromatic nitrogens is 1. The van der Waals surface area contributed by atoms with Crippen LogP contribution in [0.25, 0.3) is 11.5 Å². The van der Waals surface area contributed by atoms with Gasteiger partial charge < -0.3 is 14.1 Å². The number of hydrogen-bond donors (Lipinski definition) is 0. The Kier molecular flexibility index (Phi) is 5.39. The Morgan fingerprint density at radius 3 is 2.26 bits per heavy atom. The van der Waals surface area contributed by atoms with E-state index in [1.165, 1.54) is 0 Å². The van der Waals surface area contributed by atoms with Crippen molar-refractivity contribution in [2.45, 2.75) is 39.5 Å². The van der Waals surface area contributed by atoms with Gasteiger partial charge in [0.05, 0.1) is 0 Å². The Hall–Kier alpha value is -3.41. The van der Waals surface area contributed by atoms with Crippen molar-refractivity contribution in [3.05, 3.63) is 66.1 Å². The molecule has 0 atom stereocenters. The molecule has 1 aliphatic carbocycles. The van der Waals surface area contributed by atoms with Gasteiger partial charge in [0.1, 0.15) is 11.5 Å². The van der Waals surface area contributed by atoms with E-state index >= 15 is 0 Å². The number of rotatable bonds is 5. The summed E-state index contributed by atoms with van der Waals surface area (Å²) >= 11 is 0. The zero-order chi connectivity index (χ0) is 22.2. The van der Waals surface area contributed by atoms with Crippen LogP contribution >= 0.6 is 0 Å². The molecule has 31 heavy (non-hydrogen) atoms. The van der Waals surface area contributed by atoms with Crippen molar-refractivity contribution in [1.29, 1.82) is 0 Å². The molecule has 1 aliphatic rings. The zero-order valence-electron chi connectivity index (χ0n) is 18.2. The Balaban J connectivity index is 1.52. The summed E-state index contributed by atoms with van der Waals surface area (Å²) in [7, 11) is 1.73. The number of nitrogens with zero attached hydrogens (tertiary/aromatic N) is 2. The van der Waals surface area contributed by atoms with Crippen LogP contribution in [-0.4, -0.2) is 23.9 Å². The Bertz CT molecular complexity index is 1090. The van der Waals surface area contributed by atoms with E-state index in [1.54, 1.807) is 36.2 Å². The minimum Gasteiger partial charge on any atom is -0.440 e. The third-order valence-corrected chi connectivity index (χ3v) is 5.20. The molecule has 3 aromatic rings. The normalized spacial score (nSPS) is 13.7. The summed E-state index contributed by atoms with van der Waals surface area (Å²) in [6.07, 6.45) is 1.96. The highest BCUT2D eigenvalue weighted by Crippen LogP contribution is 2.43. The van der Waals surface area contributed by atoms with Crippen LogP contribution in [0.5, 0.6) is 5.75 Å². The second-order valence-electron chi connectivity index (χ2n) is 8.87. The van der Waals surface area contributed by atoms with E-state index in [0.29, 0.717) is 17.4 Å². The van der Waals surface area contributed by atoms with Crippen molar-refractivity contribution in [2.75, 3.05) is 11.9 Å². The fourth-order valence-electron chi connectivity index (χ4n) is 3.32. The highest BCUT2D eigenvalue weighted by Gasteiger charge is 2.35. The summed E-state index contributed by atoms with van der Waals surface area (Å²) in [5.74, 6) is 1.08. The predicted molar refractivity (Wildman–Crippen MR) is 118 cm³/mol. The number of oxazole rings is 1. The van der Waals surface area contributed by atoms with Crippen molar-refractivity contribution in [1.82, 2.24) is 4.98 Å². The van der Waals surface area contributed by atoms with Gasteiger partial charge in [-0.05, 0) is 49.2 Å². The summed E-state index contributed by atoms with van der Waals surface area (Å²) in [5.41, 5.74) is 1.29. The molecule has 1 heterocycles.